The van der Waals surface area contributed by atoms with Gasteiger partial charge in [0, 0.05) is 58.1 Å². The van der Waals surface area contributed by atoms with Crippen LogP contribution in [0, 0.1) is 0 Å². The fraction of sp³-hybridized carbons (Fsp3) is 0.0588. The smallest absolute Gasteiger partial charge is 0.0938 e. The first kappa shape index (κ1) is 21.2. The Morgan fingerprint density at radius 3 is 1.63 bits per heavy atom. The lowest BCUT2D eigenvalue weighted by Crippen LogP contribution is -2.21. The summed E-state index contributed by atoms with van der Waals surface area (Å²) in [6, 6.07) is 41.8. The number of rotatable bonds is 3. The molecule has 5 aromatic carbocycles. The van der Waals surface area contributed by atoms with Crippen molar-refractivity contribution >= 4 is 49.3 Å². The average molecular weight is 491 g/mol. The molecule has 4 heteroatoms. The number of nitrogens with zero attached hydrogens (tertiary/aromatic N) is 4. The Labute approximate surface area is 220 Å². The lowest BCUT2D eigenvalue weighted by molar-refractivity contribution is 0.496. The number of benzene rings is 5. The highest BCUT2D eigenvalue weighted by atomic mass is 15.3. The lowest BCUT2D eigenvalue weighted by atomic mass is 10.1. The molecule has 0 spiro atoms. The molecule has 7 aromatic rings. The molecule has 3 heterocycles. The normalized spacial score (nSPS) is 13.6. The molecular formula is C34H26N4. The van der Waals surface area contributed by atoms with Crippen LogP contribution in [-0.2, 0) is 0 Å². The molecule has 2 aromatic heterocycles. The summed E-state index contributed by atoms with van der Waals surface area (Å²) < 4.78 is 4.81. The van der Waals surface area contributed by atoms with Crippen molar-refractivity contribution in [3.05, 3.63) is 128 Å². The Hall–Kier alpha value is -4.96. The van der Waals surface area contributed by atoms with Crippen molar-refractivity contribution in [3.63, 3.8) is 0 Å². The van der Waals surface area contributed by atoms with E-state index < -0.39 is 0 Å². The van der Waals surface area contributed by atoms with Crippen LogP contribution in [0.15, 0.2) is 128 Å². The maximum atomic E-state index is 2.41. The topological polar surface area (TPSA) is 16.3 Å². The molecule has 182 valence electrons. The summed E-state index contributed by atoms with van der Waals surface area (Å²) in [5, 5.41) is 5.05. The zero-order valence-corrected chi connectivity index (χ0v) is 21.1. The van der Waals surface area contributed by atoms with Crippen molar-refractivity contribution in [2.75, 3.05) is 18.6 Å². The standard InChI is InChI=1S/C34H26N4/c1-35-18-19-36(23-35)26-16-17-32-28(20-26)30-22-33-29(21-34(30)38(32)25-12-6-3-7-13-25)27-14-8-9-15-31(27)37(33)24-10-4-2-5-11-24/h2-22H,23H2,1H3. The van der Waals surface area contributed by atoms with Crippen LogP contribution in [0.3, 0.4) is 0 Å². The first-order valence-electron chi connectivity index (χ1n) is 13.0. The van der Waals surface area contributed by atoms with E-state index in [0.717, 1.165) is 6.67 Å². The van der Waals surface area contributed by atoms with E-state index in [0.29, 0.717) is 0 Å². The number of para-hydroxylation sites is 3. The molecule has 0 saturated heterocycles. The maximum Gasteiger partial charge on any atom is 0.0938 e. The third kappa shape index (κ3) is 3.04. The van der Waals surface area contributed by atoms with Gasteiger partial charge in [0.25, 0.3) is 0 Å². The Morgan fingerprint density at radius 1 is 0.447 bits per heavy atom. The van der Waals surface area contributed by atoms with Gasteiger partial charge in [-0.05, 0) is 60.7 Å². The van der Waals surface area contributed by atoms with Crippen LogP contribution in [0.2, 0.25) is 0 Å². The van der Waals surface area contributed by atoms with Crippen LogP contribution in [-0.4, -0.2) is 27.8 Å². The number of anilines is 1. The summed E-state index contributed by atoms with van der Waals surface area (Å²) in [4.78, 5) is 4.49. The van der Waals surface area contributed by atoms with E-state index in [-0.39, 0.29) is 0 Å². The monoisotopic (exact) mass is 490 g/mol. The van der Waals surface area contributed by atoms with Crippen molar-refractivity contribution in [1.29, 1.82) is 0 Å². The van der Waals surface area contributed by atoms with Gasteiger partial charge in [-0.3, -0.25) is 0 Å². The quantitative estimate of drug-likeness (QED) is 0.249. The van der Waals surface area contributed by atoms with Gasteiger partial charge in [0.15, 0.2) is 0 Å². The largest absolute Gasteiger partial charge is 0.361 e. The van der Waals surface area contributed by atoms with E-state index in [4.69, 9.17) is 0 Å². The first-order valence-corrected chi connectivity index (χ1v) is 13.0. The molecule has 1 aliphatic heterocycles. The minimum atomic E-state index is 0.856. The zero-order chi connectivity index (χ0) is 25.2. The minimum absolute atomic E-state index is 0.856. The van der Waals surface area contributed by atoms with E-state index in [1.807, 2.05) is 0 Å². The molecule has 0 radical (unpaired) electrons. The maximum absolute atomic E-state index is 2.41. The van der Waals surface area contributed by atoms with Crippen LogP contribution in [0.5, 0.6) is 0 Å². The van der Waals surface area contributed by atoms with Crippen LogP contribution >= 0.6 is 0 Å². The van der Waals surface area contributed by atoms with Crippen molar-refractivity contribution in [2.45, 2.75) is 0 Å². The molecule has 0 bridgehead atoms. The number of hydrogen-bond acceptors (Lipinski definition) is 2. The third-order valence-corrected chi connectivity index (χ3v) is 7.78. The zero-order valence-electron chi connectivity index (χ0n) is 21.1. The molecule has 0 fully saturated rings. The van der Waals surface area contributed by atoms with Gasteiger partial charge in [0.1, 0.15) is 0 Å². The molecule has 0 atom stereocenters. The van der Waals surface area contributed by atoms with Gasteiger partial charge >= 0.3 is 0 Å². The minimum Gasteiger partial charge on any atom is -0.361 e. The fourth-order valence-corrected chi connectivity index (χ4v) is 6.05. The lowest BCUT2D eigenvalue weighted by Gasteiger charge is -2.18. The average Bonchev–Trinajstić information content (AvgIpc) is 3.64. The summed E-state index contributed by atoms with van der Waals surface area (Å²) in [6.45, 7) is 0.856. The van der Waals surface area contributed by atoms with Gasteiger partial charge < -0.3 is 18.9 Å². The van der Waals surface area contributed by atoms with E-state index in [1.165, 1.54) is 60.7 Å². The van der Waals surface area contributed by atoms with Crippen molar-refractivity contribution in [1.82, 2.24) is 14.0 Å². The van der Waals surface area contributed by atoms with Crippen LogP contribution in [0.4, 0.5) is 5.69 Å². The molecule has 4 nitrogen and oxygen atoms in total. The summed E-state index contributed by atoms with van der Waals surface area (Å²) in [5.41, 5.74) is 8.44. The summed E-state index contributed by atoms with van der Waals surface area (Å²) >= 11 is 0. The summed E-state index contributed by atoms with van der Waals surface area (Å²) in [5.74, 6) is 0. The van der Waals surface area contributed by atoms with Gasteiger partial charge in [0.2, 0.25) is 0 Å². The first-order chi connectivity index (χ1) is 18.8. The molecule has 0 saturated carbocycles. The van der Waals surface area contributed by atoms with E-state index in [1.54, 1.807) is 0 Å². The molecule has 0 aliphatic carbocycles. The van der Waals surface area contributed by atoms with Gasteiger partial charge in [-0.15, -0.1) is 0 Å². The second-order valence-corrected chi connectivity index (χ2v) is 10.1. The Bertz CT molecular complexity index is 2010. The van der Waals surface area contributed by atoms with Crippen molar-refractivity contribution in [2.24, 2.45) is 0 Å². The highest BCUT2D eigenvalue weighted by molar-refractivity contribution is 6.19. The summed E-state index contributed by atoms with van der Waals surface area (Å²) in [7, 11) is 2.11. The summed E-state index contributed by atoms with van der Waals surface area (Å²) in [6.07, 6.45) is 4.28. The predicted octanol–water partition coefficient (Wildman–Crippen LogP) is 8.06. The van der Waals surface area contributed by atoms with Crippen LogP contribution in [0.25, 0.3) is 55.0 Å². The van der Waals surface area contributed by atoms with E-state index in [2.05, 4.69) is 154 Å². The third-order valence-electron chi connectivity index (χ3n) is 7.78. The highest BCUT2D eigenvalue weighted by Crippen LogP contribution is 2.40. The van der Waals surface area contributed by atoms with Crippen molar-refractivity contribution < 1.29 is 0 Å². The molecule has 38 heavy (non-hydrogen) atoms. The number of hydrogen-bond donors (Lipinski definition) is 0. The highest BCUT2D eigenvalue weighted by Gasteiger charge is 2.19. The van der Waals surface area contributed by atoms with Gasteiger partial charge in [-0.25, -0.2) is 0 Å². The SMILES string of the molecule is CN1C=CN(c2ccc3c(c2)c2cc4c(cc2n3-c2ccccc2)c2ccccc2n4-c2ccccc2)C1. The van der Waals surface area contributed by atoms with E-state index >= 15 is 0 Å². The van der Waals surface area contributed by atoms with Gasteiger partial charge in [0.05, 0.1) is 28.7 Å². The molecular weight excluding hydrogens is 464 g/mol. The Balaban J connectivity index is 1.51. The molecule has 1 aliphatic rings. The molecule has 8 rings (SSSR count). The van der Waals surface area contributed by atoms with Gasteiger partial charge in [-0.1, -0.05) is 54.6 Å². The Morgan fingerprint density at radius 2 is 1.00 bits per heavy atom. The second kappa shape index (κ2) is 8.02. The number of aromatic nitrogens is 2. The molecule has 0 N–H and O–H groups in total. The van der Waals surface area contributed by atoms with Crippen LogP contribution < -0.4 is 4.90 Å². The fourth-order valence-electron chi connectivity index (χ4n) is 6.05. The number of fused-ring (bicyclic) bond motifs is 6. The predicted molar refractivity (Wildman–Crippen MR) is 159 cm³/mol. The molecule has 0 amide bonds. The Kier molecular flexibility index (Phi) is 4.47. The van der Waals surface area contributed by atoms with Crippen LogP contribution in [0.1, 0.15) is 0 Å². The van der Waals surface area contributed by atoms with Gasteiger partial charge in [-0.2, -0.15) is 0 Å². The van der Waals surface area contributed by atoms with E-state index in [9.17, 15) is 0 Å². The van der Waals surface area contributed by atoms with Crippen molar-refractivity contribution in [3.8, 4) is 11.4 Å². The second-order valence-electron chi connectivity index (χ2n) is 10.1. The molecule has 0 unspecified atom stereocenters.